The number of hydrogen-bond donors (Lipinski definition) is 2. The van der Waals surface area contributed by atoms with Crippen LogP contribution in [0.2, 0.25) is 0 Å². The number of thioether (sulfide) groups is 1. The maximum Gasteiger partial charge on any atom is 0.345 e. The zero-order valence-corrected chi connectivity index (χ0v) is 15.0. The predicted molar refractivity (Wildman–Crippen MR) is 98.4 cm³/mol. The molecule has 0 unspecified atom stereocenters. The van der Waals surface area contributed by atoms with E-state index in [-0.39, 0.29) is 16.7 Å². The Labute approximate surface area is 159 Å². The van der Waals surface area contributed by atoms with Crippen molar-refractivity contribution in [3.05, 3.63) is 51.0 Å². The van der Waals surface area contributed by atoms with Gasteiger partial charge in [0.25, 0.3) is 17.1 Å². The highest BCUT2D eigenvalue weighted by Crippen LogP contribution is 2.26. The quantitative estimate of drug-likeness (QED) is 0.423. The molecule has 1 aromatic heterocycles. The van der Waals surface area contributed by atoms with Crippen molar-refractivity contribution in [1.29, 1.82) is 0 Å². The van der Waals surface area contributed by atoms with E-state index < -0.39 is 22.0 Å². The number of aromatic nitrogens is 1. The molecule has 1 fully saturated rings. The van der Waals surface area contributed by atoms with E-state index in [9.17, 15) is 24.5 Å². The van der Waals surface area contributed by atoms with Crippen molar-refractivity contribution < 1.29 is 24.0 Å². The van der Waals surface area contributed by atoms with Crippen LogP contribution in [0.4, 0.5) is 14.9 Å². The molecule has 2 heterocycles. The summed E-state index contributed by atoms with van der Waals surface area (Å²) in [5.41, 5.74) is 0.689. The number of benzene rings is 1. The van der Waals surface area contributed by atoms with Gasteiger partial charge in [-0.05, 0) is 46.9 Å². The number of carbonyl (C=O) groups is 3. The average Bonchev–Trinajstić information content (AvgIpc) is 3.21. The fraction of sp³-hybridized carbons (Fsp3) is 0.0667. The number of amides is 3. The first-order valence-electron chi connectivity index (χ1n) is 7.28. The highest BCUT2D eigenvalue weighted by molar-refractivity contribution is 8.18. The molecule has 10 nitrogen and oxygen atoms in total. The molecular weight excluding hydrogens is 396 g/mol. The average molecular weight is 406 g/mol. The lowest BCUT2D eigenvalue weighted by Crippen LogP contribution is -2.19. The minimum Gasteiger partial charge on any atom is -0.484 e. The molecule has 0 aliphatic carbocycles. The first-order valence-corrected chi connectivity index (χ1v) is 8.92. The fourth-order valence-corrected chi connectivity index (χ4v) is 3.28. The Morgan fingerprint density at radius 3 is 2.67 bits per heavy atom. The van der Waals surface area contributed by atoms with E-state index in [4.69, 9.17) is 4.74 Å². The fourth-order valence-electron chi connectivity index (χ4n) is 1.94. The molecule has 0 spiro atoms. The summed E-state index contributed by atoms with van der Waals surface area (Å²) < 4.78 is 5.33. The summed E-state index contributed by atoms with van der Waals surface area (Å²) in [5.74, 6) is -0.538. The Balaban J connectivity index is 1.53. The first-order chi connectivity index (χ1) is 12.9. The molecule has 12 heteroatoms. The summed E-state index contributed by atoms with van der Waals surface area (Å²) in [4.78, 5) is 48.4. The van der Waals surface area contributed by atoms with Crippen LogP contribution in [-0.2, 0) is 9.59 Å². The largest absolute Gasteiger partial charge is 0.484 e. The van der Waals surface area contributed by atoms with Gasteiger partial charge in [0, 0.05) is 0 Å². The van der Waals surface area contributed by atoms with Gasteiger partial charge < -0.3 is 4.74 Å². The van der Waals surface area contributed by atoms with E-state index in [0.717, 1.165) is 29.3 Å². The second-order valence-electron chi connectivity index (χ2n) is 5.02. The van der Waals surface area contributed by atoms with E-state index in [1.807, 2.05) is 0 Å². The van der Waals surface area contributed by atoms with E-state index in [0.29, 0.717) is 16.2 Å². The summed E-state index contributed by atoms with van der Waals surface area (Å²) in [6, 6.07) is 6.54. The number of anilines is 1. The minimum atomic E-state index is -0.593. The number of imide groups is 1. The lowest BCUT2D eigenvalue weighted by molar-refractivity contribution is -0.380. The normalized spacial score (nSPS) is 14.9. The van der Waals surface area contributed by atoms with Crippen LogP contribution >= 0.6 is 23.1 Å². The Bertz CT molecular complexity index is 953. The number of nitrogens with one attached hydrogen (secondary N) is 2. The summed E-state index contributed by atoms with van der Waals surface area (Å²) in [6.07, 6.45) is 2.63. The molecule has 27 heavy (non-hydrogen) atoms. The lowest BCUT2D eigenvalue weighted by atomic mass is 10.2. The third-order valence-corrected chi connectivity index (χ3v) is 4.78. The number of nitrogens with zero attached hydrogens (tertiary/aromatic N) is 2. The van der Waals surface area contributed by atoms with Gasteiger partial charge in [0.15, 0.2) is 11.7 Å². The minimum absolute atomic E-state index is 0.110. The van der Waals surface area contributed by atoms with Crippen LogP contribution in [0.25, 0.3) is 6.08 Å². The summed E-state index contributed by atoms with van der Waals surface area (Å²) >= 11 is 1.57. The predicted octanol–water partition coefficient (Wildman–Crippen LogP) is 2.39. The van der Waals surface area contributed by atoms with E-state index in [1.54, 1.807) is 30.3 Å². The van der Waals surface area contributed by atoms with Gasteiger partial charge in [-0.3, -0.25) is 35.1 Å². The maximum absolute atomic E-state index is 11.8. The van der Waals surface area contributed by atoms with E-state index >= 15 is 0 Å². The molecule has 0 bridgehead atoms. The maximum atomic E-state index is 11.8. The van der Waals surface area contributed by atoms with Crippen molar-refractivity contribution in [2.75, 3.05) is 11.9 Å². The van der Waals surface area contributed by atoms with Crippen LogP contribution in [0.15, 0.2) is 35.4 Å². The van der Waals surface area contributed by atoms with Gasteiger partial charge in [-0.2, -0.15) is 0 Å². The topological polar surface area (TPSA) is 141 Å². The monoisotopic (exact) mass is 406 g/mol. The third kappa shape index (κ3) is 4.89. The first kappa shape index (κ1) is 18.5. The Morgan fingerprint density at radius 1 is 1.33 bits per heavy atom. The Morgan fingerprint density at radius 2 is 2.07 bits per heavy atom. The highest BCUT2D eigenvalue weighted by Gasteiger charge is 2.24. The molecule has 2 aromatic rings. The van der Waals surface area contributed by atoms with Gasteiger partial charge in [-0.15, -0.1) is 0 Å². The van der Waals surface area contributed by atoms with Crippen molar-refractivity contribution in [1.82, 2.24) is 10.3 Å². The van der Waals surface area contributed by atoms with Crippen molar-refractivity contribution >= 4 is 56.4 Å². The number of nitro groups is 1. The molecular formula is C15H10N4O6S2. The van der Waals surface area contributed by atoms with Gasteiger partial charge >= 0.3 is 5.00 Å². The third-order valence-electron chi connectivity index (χ3n) is 3.11. The highest BCUT2D eigenvalue weighted by atomic mass is 32.2. The van der Waals surface area contributed by atoms with Crippen molar-refractivity contribution in [2.45, 2.75) is 0 Å². The molecule has 1 aromatic carbocycles. The van der Waals surface area contributed by atoms with Gasteiger partial charge in [0.2, 0.25) is 0 Å². The molecule has 3 amide bonds. The number of rotatable bonds is 6. The van der Waals surface area contributed by atoms with Gasteiger partial charge in [-0.25, -0.2) is 4.98 Å². The van der Waals surface area contributed by atoms with Gasteiger partial charge in [-0.1, -0.05) is 12.1 Å². The van der Waals surface area contributed by atoms with Crippen LogP contribution in [0.3, 0.4) is 0 Å². The van der Waals surface area contributed by atoms with Crippen LogP contribution in [0, 0.1) is 10.1 Å². The molecule has 2 N–H and O–H groups in total. The Hall–Kier alpha value is -3.25. The van der Waals surface area contributed by atoms with E-state index in [2.05, 4.69) is 15.6 Å². The van der Waals surface area contributed by atoms with Crippen molar-refractivity contribution in [2.24, 2.45) is 0 Å². The number of ether oxygens (including phenoxy) is 1. The molecule has 1 saturated heterocycles. The smallest absolute Gasteiger partial charge is 0.345 e. The molecule has 0 saturated carbocycles. The second-order valence-corrected chi connectivity index (χ2v) is 7.04. The molecule has 0 radical (unpaired) electrons. The molecule has 1 aliphatic heterocycles. The molecule has 3 rings (SSSR count). The summed E-state index contributed by atoms with van der Waals surface area (Å²) in [6.45, 7) is -0.305. The standard InChI is InChI=1S/C15H10N4O6S2/c20-11(17-14-16-6-12(27-14)19(23)24)7-25-9-3-1-8(2-4-9)5-10-13(21)18-15(22)26-10/h1-6H,7H2,(H,16,17,20)(H,18,21,22)/b10-5-. The SMILES string of the molecule is O=C(COc1ccc(/C=C2\SC(=O)NC2=O)cc1)Nc1ncc([N+](=O)[O-])s1. The zero-order chi connectivity index (χ0) is 19.4. The van der Waals surface area contributed by atoms with Crippen LogP contribution in [0.1, 0.15) is 5.56 Å². The number of thiazole rings is 1. The molecule has 1 aliphatic rings. The van der Waals surface area contributed by atoms with Crippen LogP contribution in [-0.4, -0.2) is 33.6 Å². The zero-order valence-electron chi connectivity index (χ0n) is 13.3. The molecule has 0 atom stereocenters. The molecule has 138 valence electrons. The number of carbonyl (C=O) groups excluding carboxylic acids is 3. The van der Waals surface area contributed by atoms with Crippen molar-refractivity contribution in [3.63, 3.8) is 0 Å². The van der Waals surface area contributed by atoms with Crippen LogP contribution in [0.5, 0.6) is 5.75 Å². The summed E-state index contributed by atoms with van der Waals surface area (Å²) in [5, 5.41) is 14.7. The number of hydrogen-bond acceptors (Lipinski definition) is 9. The van der Waals surface area contributed by atoms with Crippen molar-refractivity contribution in [3.8, 4) is 5.75 Å². The second kappa shape index (κ2) is 7.97. The van der Waals surface area contributed by atoms with Crippen LogP contribution < -0.4 is 15.4 Å². The summed E-state index contributed by atoms with van der Waals surface area (Å²) in [7, 11) is 0. The van der Waals surface area contributed by atoms with Gasteiger partial charge in [0.05, 0.1) is 9.83 Å². The lowest BCUT2D eigenvalue weighted by Gasteiger charge is -2.06. The van der Waals surface area contributed by atoms with E-state index in [1.165, 1.54) is 0 Å². The Kier molecular flexibility index (Phi) is 5.47. The van der Waals surface area contributed by atoms with Gasteiger partial charge in [0.1, 0.15) is 11.9 Å².